The SMILES string of the molecule is COC(=O)CCNS(=O)(=O)CCOC(C)C. The van der Waals surface area contributed by atoms with Crippen LogP contribution in [0.25, 0.3) is 0 Å². The highest BCUT2D eigenvalue weighted by Crippen LogP contribution is 1.91. The van der Waals surface area contributed by atoms with Crippen LogP contribution in [0.1, 0.15) is 20.3 Å². The molecule has 0 aliphatic carbocycles. The van der Waals surface area contributed by atoms with Crippen LogP contribution in [0.4, 0.5) is 0 Å². The molecule has 0 radical (unpaired) electrons. The molecule has 0 unspecified atom stereocenters. The van der Waals surface area contributed by atoms with Gasteiger partial charge < -0.3 is 9.47 Å². The lowest BCUT2D eigenvalue weighted by Crippen LogP contribution is -2.30. The lowest BCUT2D eigenvalue weighted by Gasteiger charge is -2.08. The molecular weight excluding hydrogens is 234 g/mol. The minimum Gasteiger partial charge on any atom is -0.469 e. The van der Waals surface area contributed by atoms with Crippen molar-refractivity contribution >= 4 is 16.0 Å². The van der Waals surface area contributed by atoms with Crippen LogP contribution in [-0.2, 0) is 24.3 Å². The summed E-state index contributed by atoms with van der Waals surface area (Å²) in [5.74, 6) is -0.548. The fourth-order valence-corrected chi connectivity index (χ4v) is 1.75. The number of nitrogens with one attached hydrogen (secondary N) is 1. The summed E-state index contributed by atoms with van der Waals surface area (Å²) in [5.41, 5.74) is 0. The van der Waals surface area contributed by atoms with Crippen LogP contribution in [0, 0.1) is 0 Å². The van der Waals surface area contributed by atoms with E-state index in [0.717, 1.165) is 0 Å². The molecule has 0 saturated carbocycles. The number of ether oxygens (including phenoxy) is 2. The molecule has 0 heterocycles. The number of hydrogen-bond acceptors (Lipinski definition) is 5. The molecule has 0 spiro atoms. The zero-order valence-electron chi connectivity index (χ0n) is 9.86. The van der Waals surface area contributed by atoms with Gasteiger partial charge in [0, 0.05) is 6.54 Å². The molecule has 0 fully saturated rings. The van der Waals surface area contributed by atoms with E-state index >= 15 is 0 Å². The molecule has 0 atom stereocenters. The van der Waals surface area contributed by atoms with Gasteiger partial charge in [-0.05, 0) is 13.8 Å². The predicted molar refractivity (Wildman–Crippen MR) is 59.5 cm³/mol. The Morgan fingerprint density at radius 1 is 1.38 bits per heavy atom. The lowest BCUT2D eigenvalue weighted by molar-refractivity contribution is -0.140. The van der Waals surface area contributed by atoms with Crippen LogP contribution in [0.3, 0.4) is 0 Å². The molecule has 7 heteroatoms. The zero-order valence-corrected chi connectivity index (χ0v) is 10.7. The van der Waals surface area contributed by atoms with Gasteiger partial charge in [0.1, 0.15) is 0 Å². The normalized spacial score (nSPS) is 11.8. The third-order valence-electron chi connectivity index (χ3n) is 1.68. The van der Waals surface area contributed by atoms with Crippen molar-refractivity contribution in [3.8, 4) is 0 Å². The molecular formula is C9H19NO5S. The van der Waals surface area contributed by atoms with Gasteiger partial charge in [0.15, 0.2) is 0 Å². The van der Waals surface area contributed by atoms with Crippen LogP contribution in [0.15, 0.2) is 0 Å². The minimum atomic E-state index is -3.36. The van der Waals surface area contributed by atoms with E-state index in [1.807, 2.05) is 13.8 Å². The Labute approximate surface area is 96.4 Å². The van der Waals surface area contributed by atoms with Crippen molar-refractivity contribution in [3.05, 3.63) is 0 Å². The quantitative estimate of drug-likeness (QED) is 0.611. The van der Waals surface area contributed by atoms with Gasteiger partial charge in [-0.3, -0.25) is 4.79 Å². The van der Waals surface area contributed by atoms with Crippen molar-refractivity contribution in [1.29, 1.82) is 0 Å². The van der Waals surface area contributed by atoms with Crippen molar-refractivity contribution in [3.63, 3.8) is 0 Å². The molecule has 1 N–H and O–H groups in total. The number of carbonyl (C=O) groups is 1. The number of sulfonamides is 1. The van der Waals surface area contributed by atoms with Crippen molar-refractivity contribution in [2.75, 3.05) is 26.0 Å². The first-order valence-electron chi connectivity index (χ1n) is 5.03. The summed E-state index contributed by atoms with van der Waals surface area (Å²) in [7, 11) is -2.11. The highest BCUT2D eigenvalue weighted by Gasteiger charge is 2.11. The topological polar surface area (TPSA) is 81.7 Å². The first-order chi connectivity index (χ1) is 7.37. The number of esters is 1. The molecule has 0 amide bonds. The summed E-state index contributed by atoms with van der Waals surface area (Å²) < 4.78 is 34.5. The molecule has 0 aromatic carbocycles. The van der Waals surface area contributed by atoms with Crippen molar-refractivity contribution < 1.29 is 22.7 Å². The average Bonchev–Trinajstić information content (AvgIpc) is 2.16. The largest absolute Gasteiger partial charge is 0.469 e. The summed E-state index contributed by atoms with van der Waals surface area (Å²) in [6, 6.07) is 0. The van der Waals surface area contributed by atoms with Crippen molar-refractivity contribution in [1.82, 2.24) is 4.72 Å². The maximum atomic E-state index is 11.3. The Bertz CT molecular complexity index is 299. The van der Waals surface area contributed by atoms with E-state index in [1.54, 1.807) is 0 Å². The van der Waals surface area contributed by atoms with E-state index in [1.165, 1.54) is 7.11 Å². The predicted octanol–water partition coefficient (Wildman–Crippen LogP) is -0.106. The van der Waals surface area contributed by atoms with E-state index in [4.69, 9.17) is 4.74 Å². The smallest absolute Gasteiger partial charge is 0.306 e. The summed E-state index contributed by atoms with van der Waals surface area (Å²) >= 11 is 0. The van der Waals surface area contributed by atoms with Crippen LogP contribution >= 0.6 is 0 Å². The molecule has 0 aliphatic rings. The molecule has 96 valence electrons. The van der Waals surface area contributed by atoms with E-state index in [9.17, 15) is 13.2 Å². The molecule has 0 rings (SSSR count). The molecule has 0 saturated heterocycles. The van der Waals surface area contributed by atoms with Crippen LogP contribution in [0.5, 0.6) is 0 Å². The summed E-state index contributed by atoms with van der Waals surface area (Å²) in [6.07, 6.45) is 0.0334. The third kappa shape index (κ3) is 8.63. The maximum absolute atomic E-state index is 11.3. The van der Waals surface area contributed by atoms with Crippen molar-refractivity contribution in [2.45, 2.75) is 26.4 Å². The van der Waals surface area contributed by atoms with Gasteiger partial charge in [0.05, 0.1) is 32.0 Å². The zero-order chi connectivity index (χ0) is 12.6. The van der Waals surface area contributed by atoms with Gasteiger partial charge >= 0.3 is 5.97 Å². The Kier molecular flexibility index (Phi) is 7.27. The second-order valence-corrected chi connectivity index (χ2v) is 5.39. The number of hydrogen-bond donors (Lipinski definition) is 1. The van der Waals surface area contributed by atoms with Gasteiger partial charge in [-0.2, -0.15) is 0 Å². The van der Waals surface area contributed by atoms with Gasteiger partial charge in [-0.1, -0.05) is 0 Å². The summed E-state index contributed by atoms with van der Waals surface area (Å²) in [5, 5.41) is 0. The molecule has 0 aromatic rings. The monoisotopic (exact) mass is 253 g/mol. The van der Waals surface area contributed by atoms with Gasteiger partial charge in [-0.15, -0.1) is 0 Å². The summed E-state index contributed by atoms with van der Waals surface area (Å²) in [4.78, 5) is 10.7. The lowest BCUT2D eigenvalue weighted by atomic mass is 10.4. The maximum Gasteiger partial charge on any atom is 0.306 e. The molecule has 0 aromatic heterocycles. The fourth-order valence-electron chi connectivity index (χ4n) is 0.876. The Hall–Kier alpha value is -0.660. The third-order valence-corrected chi connectivity index (χ3v) is 3.03. The van der Waals surface area contributed by atoms with Gasteiger partial charge in [-0.25, -0.2) is 13.1 Å². The number of methoxy groups -OCH3 is 1. The minimum absolute atomic E-state index is 0.00488. The van der Waals surface area contributed by atoms with Gasteiger partial charge in [0.25, 0.3) is 0 Å². The first-order valence-corrected chi connectivity index (χ1v) is 6.68. The highest BCUT2D eigenvalue weighted by molar-refractivity contribution is 7.89. The number of rotatable bonds is 8. The van der Waals surface area contributed by atoms with Crippen LogP contribution < -0.4 is 4.72 Å². The Morgan fingerprint density at radius 3 is 2.50 bits per heavy atom. The molecule has 0 aliphatic heterocycles. The molecule has 16 heavy (non-hydrogen) atoms. The Balaban J connectivity index is 3.75. The van der Waals surface area contributed by atoms with E-state index < -0.39 is 16.0 Å². The summed E-state index contributed by atoms with van der Waals surface area (Å²) in [6.45, 7) is 3.86. The fraction of sp³-hybridized carbons (Fsp3) is 0.889. The second kappa shape index (κ2) is 7.59. The number of carbonyl (C=O) groups excluding carboxylic acids is 1. The van der Waals surface area contributed by atoms with Crippen molar-refractivity contribution in [2.24, 2.45) is 0 Å². The second-order valence-electron chi connectivity index (χ2n) is 3.46. The average molecular weight is 253 g/mol. The van der Waals surface area contributed by atoms with Crippen LogP contribution in [-0.4, -0.2) is 46.5 Å². The van der Waals surface area contributed by atoms with E-state index in [2.05, 4.69) is 9.46 Å². The highest BCUT2D eigenvalue weighted by atomic mass is 32.2. The first kappa shape index (κ1) is 15.3. The Morgan fingerprint density at radius 2 is 2.00 bits per heavy atom. The van der Waals surface area contributed by atoms with Crippen LogP contribution in [0.2, 0.25) is 0 Å². The van der Waals surface area contributed by atoms with E-state index in [-0.39, 0.29) is 31.4 Å². The molecule has 0 bridgehead atoms. The van der Waals surface area contributed by atoms with Gasteiger partial charge in [0.2, 0.25) is 10.0 Å². The standard InChI is InChI=1S/C9H19NO5S/c1-8(2)15-6-7-16(12,13)10-5-4-9(11)14-3/h8,10H,4-7H2,1-3H3. The van der Waals surface area contributed by atoms with E-state index in [0.29, 0.717) is 0 Å². The molecule has 6 nitrogen and oxygen atoms in total.